The zero-order chi connectivity index (χ0) is 27.4. The summed E-state index contributed by atoms with van der Waals surface area (Å²) < 4.78 is 5.52. The lowest BCUT2D eigenvalue weighted by atomic mass is 10.0. The van der Waals surface area contributed by atoms with Crippen molar-refractivity contribution in [1.82, 2.24) is 15.1 Å². The standard InChI is InChI=1S/C30H43N5O3/c1-22-10-11-26(33-14-12-32(6)13-15-33)21-27(22)28(36)31-23(2)24-8-7-9-25(20-24)34-16-18-35(19-17-34)29(37)38-30(3,4)5/h7-11,20-21,23H,12-19H2,1-6H3,(H,31,36)/t23-/m1/s1. The molecule has 206 valence electrons. The maximum absolute atomic E-state index is 13.3. The number of rotatable bonds is 5. The highest BCUT2D eigenvalue weighted by Gasteiger charge is 2.26. The molecule has 0 radical (unpaired) electrons. The van der Waals surface area contributed by atoms with E-state index in [1.165, 1.54) is 0 Å². The molecule has 2 heterocycles. The third-order valence-corrected chi connectivity index (χ3v) is 7.35. The Hall–Kier alpha value is -3.26. The lowest BCUT2D eigenvalue weighted by Gasteiger charge is -2.37. The minimum atomic E-state index is -0.493. The number of hydrogen-bond acceptors (Lipinski definition) is 6. The monoisotopic (exact) mass is 521 g/mol. The second kappa shape index (κ2) is 11.6. The number of hydrogen-bond donors (Lipinski definition) is 1. The summed E-state index contributed by atoms with van der Waals surface area (Å²) in [5.41, 5.74) is 4.47. The topological polar surface area (TPSA) is 68.4 Å². The lowest BCUT2D eigenvalue weighted by Crippen LogP contribution is -2.50. The van der Waals surface area contributed by atoms with Crippen LogP contribution in [0, 0.1) is 6.92 Å². The van der Waals surface area contributed by atoms with Gasteiger partial charge in [0.05, 0.1) is 6.04 Å². The summed E-state index contributed by atoms with van der Waals surface area (Å²) in [6, 6.07) is 14.4. The summed E-state index contributed by atoms with van der Waals surface area (Å²) in [4.78, 5) is 34.5. The Morgan fingerprint density at radius 2 is 1.47 bits per heavy atom. The Morgan fingerprint density at radius 3 is 2.11 bits per heavy atom. The number of nitrogens with zero attached hydrogens (tertiary/aromatic N) is 4. The summed E-state index contributed by atoms with van der Waals surface area (Å²) in [6.07, 6.45) is -0.255. The number of amides is 2. The number of anilines is 2. The van der Waals surface area contributed by atoms with Gasteiger partial charge in [-0.05, 0) is 77.1 Å². The molecule has 2 fully saturated rings. The van der Waals surface area contributed by atoms with E-state index in [0.29, 0.717) is 13.1 Å². The van der Waals surface area contributed by atoms with Gasteiger partial charge < -0.3 is 29.7 Å². The fourth-order valence-corrected chi connectivity index (χ4v) is 4.94. The minimum Gasteiger partial charge on any atom is -0.444 e. The van der Waals surface area contributed by atoms with E-state index in [9.17, 15) is 9.59 Å². The molecule has 2 aromatic rings. The second-order valence-corrected chi connectivity index (χ2v) is 11.5. The van der Waals surface area contributed by atoms with Crippen LogP contribution in [0.3, 0.4) is 0 Å². The van der Waals surface area contributed by atoms with E-state index in [-0.39, 0.29) is 18.0 Å². The normalized spacial score (nSPS) is 17.8. The molecule has 2 saturated heterocycles. The number of ether oxygens (including phenoxy) is 1. The number of aryl methyl sites for hydroxylation is 1. The van der Waals surface area contributed by atoms with Crippen LogP contribution in [0.15, 0.2) is 42.5 Å². The summed E-state index contributed by atoms with van der Waals surface area (Å²) in [7, 11) is 2.14. The molecule has 8 nitrogen and oxygen atoms in total. The van der Waals surface area contributed by atoms with E-state index in [4.69, 9.17) is 4.74 Å². The number of piperazine rings is 2. The first-order valence-corrected chi connectivity index (χ1v) is 13.7. The van der Waals surface area contributed by atoms with Gasteiger partial charge in [0.1, 0.15) is 5.60 Å². The average molecular weight is 522 g/mol. The first-order valence-electron chi connectivity index (χ1n) is 13.7. The van der Waals surface area contributed by atoms with Crippen LogP contribution in [-0.4, -0.2) is 86.8 Å². The average Bonchev–Trinajstić information content (AvgIpc) is 2.88. The summed E-state index contributed by atoms with van der Waals surface area (Å²) in [5.74, 6) is -0.0534. The second-order valence-electron chi connectivity index (χ2n) is 11.5. The van der Waals surface area contributed by atoms with Gasteiger partial charge in [0.15, 0.2) is 0 Å². The molecule has 0 aliphatic carbocycles. The number of carbonyl (C=O) groups excluding carboxylic acids is 2. The molecule has 0 aromatic heterocycles. The first kappa shape index (κ1) is 27.8. The third kappa shape index (κ3) is 6.98. The van der Waals surface area contributed by atoms with Gasteiger partial charge in [0, 0.05) is 69.3 Å². The van der Waals surface area contributed by atoms with Crippen LogP contribution >= 0.6 is 0 Å². The Bertz CT molecular complexity index is 1130. The number of benzene rings is 2. The van der Waals surface area contributed by atoms with E-state index in [1.54, 1.807) is 4.90 Å². The Balaban J connectivity index is 1.38. The molecule has 1 atom stereocenters. The van der Waals surface area contributed by atoms with Gasteiger partial charge in [-0.2, -0.15) is 0 Å². The Morgan fingerprint density at radius 1 is 0.868 bits per heavy atom. The predicted octanol–water partition coefficient (Wildman–Crippen LogP) is 4.29. The van der Waals surface area contributed by atoms with Crippen LogP contribution in [0.2, 0.25) is 0 Å². The fourth-order valence-electron chi connectivity index (χ4n) is 4.94. The number of carbonyl (C=O) groups is 2. The SMILES string of the molecule is Cc1ccc(N2CCN(C)CC2)cc1C(=O)N[C@H](C)c1cccc(N2CCN(C(=O)OC(C)(C)C)CC2)c1. The Labute approximate surface area is 227 Å². The maximum Gasteiger partial charge on any atom is 0.410 e. The summed E-state index contributed by atoms with van der Waals surface area (Å²) in [6.45, 7) is 16.4. The van der Waals surface area contributed by atoms with Gasteiger partial charge in [-0.15, -0.1) is 0 Å². The largest absolute Gasteiger partial charge is 0.444 e. The van der Waals surface area contributed by atoms with Crippen molar-refractivity contribution in [3.05, 3.63) is 59.2 Å². The molecule has 4 rings (SSSR count). The van der Waals surface area contributed by atoms with Crippen molar-refractivity contribution in [2.24, 2.45) is 0 Å². The zero-order valence-corrected chi connectivity index (χ0v) is 23.8. The molecule has 1 N–H and O–H groups in total. The molecular weight excluding hydrogens is 478 g/mol. The zero-order valence-electron chi connectivity index (χ0n) is 23.8. The van der Waals surface area contributed by atoms with Gasteiger partial charge in [0.2, 0.25) is 0 Å². The highest BCUT2D eigenvalue weighted by molar-refractivity contribution is 5.96. The molecule has 0 unspecified atom stereocenters. The Kier molecular flexibility index (Phi) is 8.51. The first-order chi connectivity index (χ1) is 18.0. The molecule has 0 spiro atoms. The minimum absolute atomic E-state index is 0.0534. The van der Waals surface area contributed by atoms with E-state index in [0.717, 1.165) is 67.3 Å². The molecule has 2 aromatic carbocycles. The highest BCUT2D eigenvalue weighted by atomic mass is 16.6. The van der Waals surface area contributed by atoms with Gasteiger partial charge in [-0.25, -0.2) is 4.79 Å². The van der Waals surface area contributed by atoms with Crippen molar-refractivity contribution in [2.75, 3.05) is 69.2 Å². The van der Waals surface area contributed by atoms with Crippen LogP contribution in [0.1, 0.15) is 55.2 Å². The van der Waals surface area contributed by atoms with Crippen molar-refractivity contribution in [3.63, 3.8) is 0 Å². The van der Waals surface area contributed by atoms with Crippen molar-refractivity contribution >= 4 is 23.4 Å². The summed E-state index contributed by atoms with van der Waals surface area (Å²) >= 11 is 0. The van der Waals surface area contributed by atoms with Gasteiger partial charge in [-0.1, -0.05) is 18.2 Å². The van der Waals surface area contributed by atoms with Crippen molar-refractivity contribution in [3.8, 4) is 0 Å². The highest BCUT2D eigenvalue weighted by Crippen LogP contribution is 2.25. The molecule has 2 amide bonds. The van der Waals surface area contributed by atoms with Gasteiger partial charge in [0.25, 0.3) is 5.91 Å². The quantitative estimate of drug-likeness (QED) is 0.633. The van der Waals surface area contributed by atoms with Crippen LogP contribution in [-0.2, 0) is 4.74 Å². The smallest absolute Gasteiger partial charge is 0.410 e. The molecule has 8 heteroatoms. The van der Waals surface area contributed by atoms with Crippen LogP contribution in [0.5, 0.6) is 0 Å². The number of likely N-dealkylation sites (N-methyl/N-ethyl adjacent to an activating group) is 1. The van der Waals surface area contributed by atoms with E-state index in [2.05, 4.69) is 51.3 Å². The van der Waals surface area contributed by atoms with Gasteiger partial charge in [-0.3, -0.25) is 4.79 Å². The predicted molar refractivity (Wildman–Crippen MR) is 153 cm³/mol. The third-order valence-electron chi connectivity index (χ3n) is 7.35. The molecule has 2 aliphatic rings. The van der Waals surface area contributed by atoms with Crippen molar-refractivity contribution in [1.29, 1.82) is 0 Å². The molecule has 0 saturated carbocycles. The molecule has 2 aliphatic heterocycles. The van der Waals surface area contributed by atoms with Gasteiger partial charge >= 0.3 is 6.09 Å². The molecule has 0 bridgehead atoms. The van der Waals surface area contributed by atoms with Crippen molar-refractivity contribution in [2.45, 2.75) is 46.3 Å². The van der Waals surface area contributed by atoms with Crippen LogP contribution in [0.4, 0.5) is 16.2 Å². The van der Waals surface area contributed by atoms with E-state index in [1.807, 2.05) is 52.8 Å². The van der Waals surface area contributed by atoms with E-state index >= 15 is 0 Å². The molecule has 38 heavy (non-hydrogen) atoms. The van der Waals surface area contributed by atoms with Crippen molar-refractivity contribution < 1.29 is 14.3 Å². The fraction of sp³-hybridized carbons (Fsp3) is 0.533. The van der Waals surface area contributed by atoms with Crippen LogP contribution < -0.4 is 15.1 Å². The van der Waals surface area contributed by atoms with Crippen LogP contribution in [0.25, 0.3) is 0 Å². The summed E-state index contributed by atoms with van der Waals surface area (Å²) in [5, 5.41) is 3.21. The van der Waals surface area contributed by atoms with E-state index < -0.39 is 5.60 Å². The number of nitrogens with one attached hydrogen (secondary N) is 1. The lowest BCUT2D eigenvalue weighted by molar-refractivity contribution is 0.0240. The maximum atomic E-state index is 13.3. The molecular formula is C30H43N5O3.